The number of rotatable bonds is 9. The average molecular weight is 576 g/mol. The van der Waals surface area contributed by atoms with Gasteiger partial charge in [0.1, 0.15) is 11.8 Å². The van der Waals surface area contributed by atoms with Crippen LogP contribution in [0.4, 0.5) is 5.69 Å². The fourth-order valence-electron chi connectivity index (χ4n) is 3.67. The van der Waals surface area contributed by atoms with Crippen molar-refractivity contribution in [2.45, 2.75) is 33.2 Å². The smallest absolute Gasteiger partial charge is 0.329 e. The highest BCUT2D eigenvalue weighted by Crippen LogP contribution is 2.45. The second-order valence-electron chi connectivity index (χ2n) is 8.22. The molecule has 0 radical (unpaired) electrons. The topological polar surface area (TPSA) is 102 Å². The fourth-order valence-corrected chi connectivity index (χ4v) is 4.69. The molecule has 0 spiro atoms. The van der Waals surface area contributed by atoms with Crippen molar-refractivity contribution >= 4 is 75.8 Å². The zero-order chi connectivity index (χ0) is 26.7. The third-order valence-corrected chi connectivity index (χ3v) is 7.02. The van der Waals surface area contributed by atoms with Crippen LogP contribution in [-0.2, 0) is 14.3 Å². The summed E-state index contributed by atoms with van der Waals surface area (Å²) >= 11 is 24.5. The number of hydrogen-bond donors (Lipinski definition) is 1. The Balaban J connectivity index is 1.81. The third-order valence-electron chi connectivity index (χ3n) is 5.22. The van der Waals surface area contributed by atoms with Gasteiger partial charge in [-0.25, -0.2) is 4.79 Å². The molecule has 0 unspecified atom stereocenters. The van der Waals surface area contributed by atoms with E-state index >= 15 is 0 Å². The molecule has 192 valence electrons. The zero-order valence-corrected chi connectivity index (χ0v) is 22.5. The van der Waals surface area contributed by atoms with Crippen molar-refractivity contribution in [2.75, 3.05) is 18.5 Å². The van der Waals surface area contributed by atoms with Gasteiger partial charge in [0.05, 0.1) is 43.5 Å². The number of hydrogen-bond acceptors (Lipinski definition) is 6. The van der Waals surface area contributed by atoms with Crippen LogP contribution in [0.25, 0.3) is 0 Å². The van der Waals surface area contributed by atoms with Crippen LogP contribution < -0.4 is 10.1 Å². The summed E-state index contributed by atoms with van der Waals surface area (Å²) in [7, 11) is 0. The van der Waals surface area contributed by atoms with Crippen molar-refractivity contribution in [2.24, 2.45) is 5.92 Å². The number of carbonyl (C=O) groups is 4. The predicted octanol–water partition coefficient (Wildman–Crippen LogP) is 5.89. The zero-order valence-electron chi connectivity index (χ0n) is 19.5. The number of halogens is 4. The minimum Gasteiger partial charge on any atom is -0.492 e. The molecule has 2 aromatic carbocycles. The monoisotopic (exact) mass is 574 g/mol. The van der Waals surface area contributed by atoms with Gasteiger partial charge in [0.2, 0.25) is 0 Å². The van der Waals surface area contributed by atoms with Gasteiger partial charge in [0.25, 0.3) is 17.7 Å². The highest BCUT2D eigenvalue weighted by atomic mass is 35.5. The first-order chi connectivity index (χ1) is 17.0. The molecule has 3 rings (SSSR count). The molecule has 0 saturated heterocycles. The number of carbonyl (C=O) groups excluding carboxylic acids is 4. The van der Waals surface area contributed by atoms with Crippen LogP contribution in [0.15, 0.2) is 24.3 Å². The summed E-state index contributed by atoms with van der Waals surface area (Å²) in [6.07, 6.45) is 0.0653. The van der Waals surface area contributed by atoms with Crippen LogP contribution in [0.2, 0.25) is 20.1 Å². The number of nitrogens with one attached hydrogen (secondary N) is 1. The molecule has 1 atom stereocenters. The van der Waals surface area contributed by atoms with E-state index < -0.39 is 36.3 Å². The number of amides is 3. The number of ether oxygens (including phenoxy) is 2. The number of fused-ring (bicyclic) bond motifs is 1. The first-order valence-corrected chi connectivity index (χ1v) is 12.4. The lowest BCUT2D eigenvalue weighted by Gasteiger charge is -2.26. The normalized spacial score (nSPS) is 13.6. The third kappa shape index (κ3) is 5.57. The maximum atomic E-state index is 13.2. The molecule has 0 saturated carbocycles. The van der Waals surface area contributed by atoms with Crippen LogP contribution in [-0.4, -0.2) is 47.8 Å². The van der Waals surface area contributed by atoms with Crippen molar-refractivity contribution in [1.29, 1.82) is 0 Å². The Morgan fingerprint density at radius 2 is 1.50 bits per heavy atom. The van der Waals surface area contributed by atoms with Crippen molar-refractivity contribution in [3.8, 4) is 5.75 Å². The van der Waals surface area contributed by atoms with Gasteiger partial charge in [-0.2, -0.15) is 0 Å². The number of nitrogens with zero attached hydrogens (tertiary/aromatic N) is 1. The van der Waals surface area contributed by atoms with E-state index in [9.17, 15) is 19.2 Å². The van der Waals surface area contributed by atoms with Gasteiger partial charge in [-0.3, -0.25) is 19.3 Å². The van der Waals surface area contributed by atoms with E-state index in [0.717, 1.165) is 4.90 Å². The van der Waals surface area contributed by atoms with E-state index in [0.29, 0.717) is 18.0 Å². The second kappa shape index (κ2) is 11.7. The molecule has 8 nitrogen and oxygen atoms in total. The predicted molar refractivity (Wildman–Crippen MR) is 137 cm³/mol. The summed E-state index contributed by atoms with van der Waals surface area (Å²) in [5.41, 5.74) is -0.0849. The summed E-state index contributed by atoms with van der Waals surface area (Å²) in [5.74, 6) is -2.98. The Labute approximate surface area is 227 Å². The lowest BCUT2D eigenvalue weighted by Crippen LogP contribution is -2.47. The van der Waals surface area contributed by atoms with E-state index in [4.69, 9.17) is 55.9 Å². The Hall–Kier alpha value is -2.52. The molecule has 0 bridgehead atoms. The van der Waals surface area contributed by atoms with Gasteiger partial charge in [-0.1, -0.05) is 72.4 Å². The number of anilines is 1. The standard InChI is InChI=1S/C24H22Cl4N2O6/c1-4-35-14-8-6-5-7-12(14)29-15(31)10-36-24(34)13(9-11(2)3)30-22(32)16-17(23(30)33)19(26)21(28)20(27)18(16)25/h5-8,11,13H,4,9-10H2,1-3H3,(H,29,31)/t13-/m0/s1. The van der Waals surface area contributed by atoms with E-state index in [-0.39, 0.29) is 43.6 Å². The van der Waals surface area contributed by atoms with Crippen LogP contribution in [0, 0.1) is 5.92 Å². The molecule has 1 aliphatic heterocycles. The SMILES string of the molecule is CCOc1ccccc1NC(=O)COC(=O)[C@H](CC(C)C)N1C(=O)c2c(Cl)c(Cl)c(Cl)c(Cl)c2C1=O. The molecule has 1 heterocycles. The summed E-state index contributed by atoms with van der Waals surface area (Å²) < 4.78 is 10.7. The van der Waals surface area contributed by atoms with Gasteiger partial charge in [0.15, 0.2) is 6.61 Å². The van der Waals surface area contributed by atoms with Crippen molar-refractivity contribution in [3.63, 3.8) is 0 Å². The lowest BCUT2D eigenvalue weighted by molar-refractivity contribution is -0.151. The fraction of sp³-hybridized carbons (Fsp3) is 0.333. The highest BCUT2D eigenvalue weighted by Gasteiger charge is 2.47. The average Bonchev–Trinajstić information content (AvgIpc) is 3.09. The molecular weight excluding hydrogens is 554 g/mol. The van der Waals surface area contributed by atoms with Crippen LogP contribution in [0.1, 0.15) is 47.9 Å². The van der Waals surface area contributed by atoms with E-state index in [2.05, 4.69) is 5.32 Å². The minimum absolute atomic E-state index is 0.0653. The van der Waals surface area contributed by atoms with Crippen LogP contribution >= 0.6 is 46.4 Å². The maximum Gasteiger partial charge on any atom is 0.329 e. The molecule has 1 N–H and O–H groups in total. The molecule has 36 heavy (non-hydrogen) atoms. The largest absolute Gasteiger partial charge is 0.492 e. The highest BCUT2D eigenvalue weighted by molar-refractivity contribution is 6.55. The summed E-state index contributed by atoms with van der Waals surface area (Å²) in [5, 5.41) is 1.75. The van der Waals surface area contributed by atoms with Gasteiger partial charge in [-0.05, 0) is 31.4 Å². The molecule has 2 aromatic rings. The Morgan fingerprint density at radius 3 is 2.03 bits per heavy atom. The Bertz CT molecular complexity index is 1190. The van der Waals surface area contributed by atoms with Crippen molar-refractivity contribution in [1.82, 2.24) is 4.90 Å². The van der Waals surface area contributed by atoms with Crippen LogP contribution in [0.5, 0.6) is 5.75 Å². The summed E-state index contributed by atoms with van der Waals surface area (Å²) in [6, 6.07) is 5.43. The van der Waals surface area contributed by atoms with E-state index in [1.54, 1.807) is 45.0 Å². The number of para-hydroxylation sites is 2. The van der Waals surface area contributed by atoms with Gasteiger partial charge in [0, 0.05) is 0 Å². The number of imide groups is 1. The number of benzene rings is 2. The molecule has 1 aliphatic rings. The summed E-state index contributed by atoms with van der Waals surface area (Å²) in [4.78, 5) is 52.6. The van der Waals surface area contributed by atoms with Crippen molar-refractivity contribution < 1.29 is 28.7 Å². The van der Waals surface area contributed by atoms with Gasteiger partial charge >= 0.3 is 5.97 Å². The summed E-state index contributed by atoms with van der Waals surface area (Å²) in [6.45, 7) is 5.13. The lowest BCUT2D eigenvalue weighted by atomic mass is 10.0. The van der Waals surface area contributed by atoms with E-state index in [1.807, 2.05) is 0 Å². The minimum atomic E-state index is -1.34. The Morgan fingerprint density at radius 1 is 0.944 bits per heavy atom. The van der Waals surface area contributed by atoms with Gasteiger partial charge < -0.3 is 14.8 Å². The first kappa shape index (κ1) is 28.1. The quantitative estimate of drug-likeness (QED) is 0.173. The van der Waals surface area contributed by atoms with Crippen molar-refractivity contribution in [3.05, 3.63) is 55.5 Å². The molecule has 0 fully saturated rings. The molecule has 0 aliphatic carbocycles. The van der Waals surface area contributed by atoms with Gasteiger partial charge in [-0.15, -0.1) is 0 Å². The first-order valence-electron chi connectivity index (χ1n) is 10.9. The second-order valence-corrected chi connectivity index (χ2v) is 9.73. The Kier molecular flexibility index (Phi) is 9.11. The van der Waals surface area contributed by atoms with E-state index in [1.165, 1.54) is 0 Å². The molecular formula is C24H22Cl4N2O6. The molecule has 0 aromatic heterocycles. The van der Waals surface area contributed by atoms with Crippen LogP contribution in [0.3, 0.4) is 0 Å². The number of esters is 1. The maximum absolute atomic E-state index is 13.2. The molecule has 12 heteroatoms. The molecule has 3 amide bonds.